The number of hydrogen-bond acceptors (Lipinski definition) is 4. The zero-order valence-electron chi connectivity index (χ0n) is 17.6. The SMILES string of the molecule is CCOc1ccc2c(c1)sc(=NC(=O)c1ccc(-c3ccccc3)cc1)n2CCSC. The van der Waals surface area contributed by atoms with E-state index >= 15 is 0 Å². The molecule has 1 aromatic heterocycles. The maximum Gasteiger partial charge on any atom is 0.279 e. The number of nitrogens with zero attached hydrogens (tertiary/aromatic N) is 2. The van der Waals surface area contributed by atoms with Crippen molar-refractivity contribution >= 4 is 39.2 Å². The predicted octanol–water partition coefficient (Wildman–Crippen LogP) is 5.87. The minimum absolute atomic E-state index is 0.228. The molecule has 0 unspecified atom stereocenters. The fraction of sp³-hybridized carbons (Fsp3) is 0.200. The van der Waals surface area contributed by atoms with Gasteiger partial charge in [-0.05, 0) is 54.6 Å². The molecule has 0 aliphatic rings. The van der Waals surface area contributed by atoms with Crippen molar-refractivity contribution in [3.63, 3.8) is 0 Å². The summed E-state index contributed by atoms with van der Waals surface area (Å²) < 4.78 is 8.83. The third-order valence-corrected chi connectivity index (χ3v) is 6.55. The number of thioether (sulfide) groups is 1. The van der Waals surface area contributed by atoms with Crippen LogP contribution in [0.2, 0.25) is 0 Å². The third-order valence-electron chi connectivity index (χ3n) is 4.92. The smallest absolute Gasteiger partial charge is 0.279 e. The van der Waals surface area contributed by atoms with E-state index < -0.39 is 0 Å². The van der Waals surface area contributed by atoms with Crippen LogP contribution in [-0.2, 0) is 6.54 Å². The summed E-state index contributed by atoms with van der Waals surface area (Å²) in [6.45, 7) is 3.39. The van der Waals surface area contributed by atoms with Crippen LogP contribution < -0.4 is 9.54 Å². The number of aryl methyl sites for hydroxylation is 1. The van der Waals surface area contributed by atoms with Crippen LogP contribution in [0.25, 0.3) is 21.3 Å². The number of carbonyl (C=O) groups excluding carboxylic acids is 1. The van der Waals surface area contributed by atoms with Gasteiger partial charge in [-0.3, -0.25) is 4.79 Å². The van der Waals surface area contributed by atoms with Crippen molar-refractivity contribution in [2.75, 3.05) is 18.6 Å². The first-order chi connectivity index (χ1) is 15.2. The second-order valence-corrected chi connectivity index (χ2v) is 8.95. The lowest BCUT2D eigenvalue weighted by molar-refractivity contribution is 0.0998. The van der Waals surface area contributed by atoms with Crippen LogP contribution in [0, 0.1) is 0 Å². The molecule has 4 nitrogen and oxygen atoms in total. The summed E-state index contributed by atoms with van der Waals surface area (Å²) in [6.07, 6.45) is 2.08. The average Bonchev–Trinajstić information content (AvgIpc) is 3.14. The first kappa shape index (κ1) is 21.4. The fourth-order valence-corrected chi connectivity index (χ4v) is 4.83. The molecule has 0 N–H and O–H groups in total. The van der Waals surface area contributed by atoms with Gasteiger partial charge in [0.1, 0.15) is 5.75 Å². The summed E-state index contributed by atoms with van der Waals surface area (Å²) in [4.78, 5) is 18.1. The summed E-state index contributed by atoms with van der Waals surface area (Å²) in [6, 6.07) is 23.8. The highest BCUT2D eigenvalue weighted by Crippen LogP contribution is 2.24. The van der Waals surface area contributed by atoms with Gasteiger partial charge >= 0.3 is 0 Å². The summed E-state index contributed by atoms with van der Waals surface area (Å²) in [5, 5.41) is 0. The zero-order chi connectivity index (χ0) is 21.6. The van der Waals surface area contributed by atoms with Gasteiger partial charge < -0.3 is 9.30 Å². The number of ether oxygens (including phenoxy) is 1. The minimum atomic E-state index is -0.228. The summed E-state index contributed by atoms with van der Waals surface area (Å²) in [5.74, 6) is 1.56. The van der Waals surface area contributed by atoms with Crippen molar-refractivity contribution in [3.8, 4) is 16.9 Å². The van der Waals surface area contributed by atoms with Crippen LogP contribution in [-0.4, -0.2) is 29.1 Å². The number of benzene rings is 3. The minimum Gasteiger partial charge on any atom is -0.494 e. The highest BCUT2D eigenvalue weighted by Gasteiger charge is 2.11. The molecular formula is C25H24N2O2S2. The Morgan fingerprint density at radius 2 is 1.77 bits per heavy atom. The number of hydrogen-bond donors (Lipinski definition) is 0. The van der Waals surface area contributed by atoms with Gasteiger partial charge in [0.15, 0.2) is 4.80 Å². The van der Waals surface area contributed by atoms with E-state index in [1.165, 1.54) is 11.3 Å². The van der Waals surface area contributed by atoms with Crippen LogP contribution in [0.15, 0.2) is 77.8 Å². The van der Waals surface area contributed by atoms with Gasteiger partial charge in [0.25, 0.3) is 5.91 Å². The molecular weight excluding hydrogens is 424 g/mol. The standard InChI is InChI=1S/C25H24N2O2S2/c1-3-29-21-13-14-22-23(17-21)31-25(27(22)15-16-30-2)26-24(28)20-11-9-19(10-12-20)18-7-5-4-6-8-18/h4-14,17H,3,15-16H2,1-2H3. The molecule has 0 fully saturated rings. The van der Waals surface area contributed by atoms with Crippen molar-refractivity contribution in [2.24, 2.45) is 4.99 Å². The van der Waals surface area contributed by atoms with E-state index in [-0.39, 0.29) is 5.91 Å². The lowest BCUT2D eigenvalue weighted by Crippen LogP contribution is -2.18. The molecule has 1 heterocycles. The van der Waals surface area contributed by atoms with Gasteiger partial charge in [0, 0.05) is 17.9 Å². The Bertz CT molecular complexity index is 1240. The van der Waals surface area contributed by atoms with E-state index in [4.69, 9.17) is 4.74 Å². The quantitative estimate of drug-likeness (QED) is 0.355. The van der Waals surface area contributed by atoms with Crippen LogP contribution in [0.3, 0.4) is 0 Å². The average molecular weight is 449 g/mol. The Hall–Kier alpha value is -2.83. The first-order valence-electron chi connectivity index (χ1n) is 10.2. The topological polar surface area (TPSA) is 43.6 Å². The van der Waals surface area contributed by atoms with Gasteiger partial charge in [-0.2, -0.15) is 16.8 Å². The van der Waals surface area contributed by atoms with Gasteiger partial charge in [-0.15, -0.1) is 0 Å². The van der Waals surface area contributed by atoms with Gasteiger partial charge in [-0.1, -0.05) is 53.8 Å². The molecule has 158 valence electrons. The zero-order valence-corrected chi connectivity index (χ0v) is 19.2. The summed E-state index contributed by atoms with van der Waals surface area (Å²) in [5.41, 5.74) is 3.87. The number of rotatable bonds is 7. The number of carbonyl (C=O) groups is 1. The number of amides is 1. The molecule has 0 saturated carbocycles. The molecule has 3 aromatic carbocycles. The molecule has 4 aromatic rings. The second-order valence-electron chi connectivity index (χ2n) is 6.95. The van der Waals surface area contributed by atoms with Crippen LogP contribution >= 0.6 is 23.1 Å². The fourth-order valence-electron chi connectivity index (χ4n) is 3.38. The number of fused-ring (bicyclic) bond motifs is 1. The lowest BCUT2D eigenvalue weighted by atomic mass is 10.0. The van der Waals surface area contributed by atoms with Gasteiger partial charge in [0.05, 0.1) is 16.8 Å². The van der Waals surface area contributed by atoms with Crippen LogP contribution in [0.5, 0.6) is 5.75 Å². The Labute approximate surface area is 190 Å². The monoisotopic (exact) mass is 448 g/mol. The van der Waals surface area contributed by atoms with Crippen LogP contribution in [0.4, 0.5) is 0 Å². The first-order valence-corrected chi connectivity index (χ1v) is 12.4. The summed E-state index contributed by atoms with van der Waals surface area (Å²) in [7, 11) is 0. The van der Waals surface area contributed by atoms with Gasteiger partial charge in [0.2, 0.25) is 0 Å². The number of aromatic nitrogens is 1. The molecule has 0 spiro atoms. The Kier molecular flexibility index (Phi) is 6.89. The molecule has 0 radical (unpaired) electrons. The third kappa shape index (κ3) is 4.92. The Morgan fingerprint density at radius 3 is 2.48 bits per heavy atom. The van der Waals surface area contributed by atoms with Crippen molar-refractivity contribution in [3.05, 3.63) is 83.2 Å². The van der Waals surface area contributed by atoms with Crippen molar-refractivity contribution < 1.29 is 9.53 Å². The second kappa shape index (κ2) is 9.98. The predicted molar refractivity (Wildman–Crippen MR) is 131 cm³/mol. The molecule has 0 bridgehead atoms. The molecule has 6 heteroatoms. The maximum atomic E-state index is 12.9. The number of thiazole rings is 1. The molecule has 0 atom stereocenters. The lowest BCUT2D eigenvalue weighted by Gasteiger charge is -2.05. The Morgan fingerprint density at radius 1 is 1.03 bits per heavy atom. The summed E-state index contributed by atoms with van der Waals surface area (Å²) >= 11 is 3.30. The normalized spacial score (nSPS) is 11.7. The molecule has 0 aliphatic heterocycles. The molecule has 1 amide bonds. The van der Waals surface area contributed by atoms with E-state index in [0.29, 0.717) is 12.2 Å². The van der Waals surface area contributed by atoms with Gasteiger partial charge in [-0.25, -0.2) is 0 Å². The van der Waals surface area contributed by atoms with Crippen molar-refractivity contribution in [1.29, 1.82) is 0 Å². The highest BCUT2D eigenvalue weighted by molar-refractivity contribution is 7.98. The van der Waals surface area contributed by atoms with E-state index in [9.17, 15) is 4.79 Å². The highest BCUT2D eigenvalue weighted by atomic mass is 32.2. The van der Waals surface area contributed by atoms with Crippen molar-refractivity contribution in [1.82, 2.24) is 4.57 Å². The van der Waals surface area contributed by atoms with E-state index in [1.807, 2.05) is 61.5 Å². The van der Waals surface area contributed by atoms with E-state index in [2.05, 4.69) is 34.0 Å². The van der Waals surface area contributed by atoms with Crippen LogP contribution in [0.1, 0.15) is 17.3 Å². The van der Waals surface area contributed by atoms with E-state index in [0.717, 1.165) is 44.2 Å². The molecule has 0 saturated heterocycles. The maximum absolute atomic E-state index is 12.9. The Balaban J connectivity index is 1.69. The van der Waals surface area contributed by atoms with E-state index in [1.54, 1.807) is 11.8 Å². The molecule has 31 heavy (non-hydrogen) atoms. The molecule has 4 rings (SSSR count). The van der Waals surface area contributed by atoms with Crippen molar-refractivity contribution in [2.45, 2.75) is 13.5 Å². The largest absolute Gasteiger partial charge is 0.494 e. The molecule has 0 aliphatic carbocycles.